The molecule has 1 aliphatic carbocycles. The normalized spacial score (nSPS) is 19.6. The van der Waals surface area contributed by atoms with E-state index in [9.17, 15) is 4.79 Å². The summed E-state index contributed by atoms with van der Waals surface area (Å²) < 4.78 is 4.80. The largest absolute Gasteiger partial charge is 0.447 e. The molecule has 1 aliphatic rings. The van der Waals surface area contributed by atoms with Gasteiger partial charge in [-0.05, 0) is 19.8 Å². The summed E-state index contributed by atoms with van der Waals surface area (Å²) in [7, 11) is 0. The van der Waals surface area contributed by atoms with E-state index in [1.165, 1.54) is 0 Å². The van der Waals surface area contributed by atoms with E-state index in [2.05, 4.69) is 0 Å². The van der Waals surface area contributed by atoms with Crippen LogP contribution >= 0.6 is 0 Å². The van der Waals surface area contributed by atoms with Crippen LogP contribution in [-0.2, 0) is 9.53 Å². The van der Waals surface area contributed by atoms with E-state index in [-0.39, 0.29) is 11.9 Å². The molecule has 0 aliphatic heterocycles. The third-order valence-electron chi connectivity index (χ3n) is 1.91. The SMILES string of the molecule is CC(C#N)OC(=O)C1CCC1. The van der Waals surface area contributed by atoms with Crippen molar-refractivity contribution in [1.82, 2.24) is 0 Å². The van der Waals surface area contributed by atoms with Gasteiger partial charge in [-0.15, -0.1) is 0 Å². The fourth-order valence-electron chi connectivity index (χ4n) is 0.941. The van der Waals surface area contributed by atoms with E-state index in [0.717, 1.165) is 19.3 Å². The zero-order valence-electron chi connectivity index (χ0n) is 6.54. The summed E-state index contributed by atoms with van der Waals surface area (Å²) in [6.45, 7) is 1.58. The first-order chi connectivity index (χ1) is 5.24. The zero-order valence-corrected chi connectivity index (χ0v) is 6.54. The summed E-state index contributed by atoms with van der Waals surface area (Å²) in [4.78, 5) is 11.0. The Morgan fingerprint density at radius 2 is 2.36 bits per heavy atom. The highest BCUT2D eigenvalue weighted by atomic mass is 16.5. The highest BCUT2D eigenvalue weighted by Crippen LogP contribution is 2.27. The van der Waals surface area contributed by atoms with Gasteiger partial charge in [0.1, 0.15) is 6.07 Å². The van der Waals surface area contributed by atoms with Crippen molar-refractivity contribution in [1.29, 1.82) is 5.26 Å². The van der Waals surface area contributed by atoms with Gasteiger partial charge in [0, 0.05) is 0 Å². The van der Waals surface area contributed by atoms with Crippen molar-refractivity contribution in [2.45, 2.75) is 32.3 Å². The van der Waals surface area contributed by atoms with Gasteiger partial charge in [0.15, 0.2) is 6.10 Å². The number of nitriles is 1. The monoisotopic (exact) mass is 153 g/mol. The van der Waals surface area contributed by atoms with Crippen LogP contribution in [0.15, 0.2) is 0 Å². The molecule has 60 valence electrons. The molecule has 0 aromatic heterocycles. The first-order valence-corrected chi connectivity index (χ1v) is 3.84. The summed E-state index contributed by atoms with van der Waals surface area (Å²) in [5.74, 6) is -0.129. The van der Waals surface area contributed by atoms with Crippen molar-refractivity contribution in [2.24, 2.45) is 5.92 Å². The molecular formula is C8H11NO2. The molecule has 1 saturated carbocycles. The van der Waals surface area contributed by atoms with Crippen molar-refractivity contribution in [3.05, 3.63) is 0 Å². The molecule has 0 saturated heterocycles. The molecule has 0 amide bonds. The molecule has 1 rings (SSSR count). The van der Waals surface area contributed by atoms with E-state index in [1.807, 2.05) is 6.07 Å². The third kappa shape index (κ3) is 1.94. The average Bonchev–Trinajstić information content (AvgIpc) is 1.83. The summed E-state index contributed by atoms with van der Waals surface area (Å²) in [6, 6.07) is 1.86. The topological polar surface area (TPSA) is 50.1 Å². The third-order valence-corrected chi connectivity index (χ3v) is 1.91. The number of nitrogens with zero attached hydrogens (tertiary/aromatic N) is 1. The second-order valence-electron chi connectivity index (χ2n) is 2.84. The summed E-state index contributed by atoms with van der Waals surface area (Å²) in [6.07, 6.45) is 2.37. The van der Waals surface area contributed by atoms with Gasteiger partial charge in [-0.3, -0.25) is 4.79 Å². The van der Waals surface area contributed by atoms with Crippen LogP contribution in [0.25, 0.3) is 0 Å². The second kappa shape index (κ2) is 3.38. The molecule has 0 spiro atoms. The van der Waals surface area contributed by atoms with Crippen LogP contribution in [-0.4, -0.2) is 12.1 Å². The number of esters is 1. The van der Waals surface area contributed by atoms with Crippen molar-refractivity contribution in [3.63, 3.8) is 0 Å². The maximum Gasteiger partial charge on any atom is 0.310 e. The molecule has 1 atom stereocenters. The van der Waals surface area contributed by atoms with Crippen LogP contribution in [0.4, 0.5) is 0 Å². The molecule has 3 nitrogen and oxygen atoms in total. The van der Waals surface area contributed by atoms with E-state index in [4.69, 9.17) is 10.00 Å². The standard InChI is InChI=1S/C8H11NO2/c1-6(5-9)11-8(10)7-3-2-4-7/h6-7H,2-4H2,1H3. The van der Waals surface area contributed by atoms with Gasteiger partial charge in [0.05, 0.1) is 5.92 Å². The predicted octanol–water partition coefficient (Wildman–Crippen LogP) is 1.24. The number of hydrogen-bond acceptors (Lipinski definition) is 3. The highest BCUT2D eigenvalue weighted by molar-refractivity contribution is 5.73. The van der Waals surface area contributed by atoms with Gasteiger partial charge >= 0.3 is 5.97 Å². The van der Waals surface area contributed by atoms with Crippen molar-refractivity contribution < 1.29 is 9.53 Å². The number of ether oxygens (including phenoxy) is 1. The molecule has 3 heteroatoms. The Morgan fingerprint density at radius 1 is 1.73 bits per heavy atom. The quantitative estimate of drug-likeness (QED) is 0.561. The van der Waals surface area contributed by atoms with E-state index < -0.39 is 6.10 Å². The Kier molecular flexibility index (Phi) is 2.48. The summed E-state index contributed by atoms with van der Waals surface area (Å²) in [5.41, 5.74) is 0. The van der Waals surface area contributed by atoms with Crippen molar-refractivity contribution in [2.75, 3.05) is 0 Å². The molecule has 0 bridgehead atoms. The van der Waals surface area contributed by atoms with E-state index in [1.54, 1.807) is 6.92 Å². The first kappa shape index (κ1) is 8.06. The number of hydrogen-bond donors (Lipinski definition) is 0. The minimum atomic E-state index is -0.594. The lowest BCUT2D eigenvalue weighted by atomic mass is 9.86. The van der Waals surface area contributed by atoms with Crippen molar-refractivity contribution in [3.8, 4) is 6.07 Å². The molecule has 0 N–H and O–H groups in total. The Morgan fingerprint density at radius 3 is 2.73 bits per heavy atom. The van der Waals surface area contributed by atoms with Crippen molar-refractivity contribution >= 4 is 5.97 Å². The smallest absolute Gasteiger partial charge is 0.310 e. The molecule has 11 heavy (non-hydrogen) atoms. The molecular weight excluding hydrogens is 142 g/mol. The molecule has 0 aromatic carbocycles. The van der Waals surface area contributed by atoms with Gasteiger partial charge < -0.3 is 4.74 Å². The van der Waals surface area contributed by atoms with E-state index >= 15 is 0 Å². The first-order valence-electron chi connectivity index (χ1n) is 3.84. The fourth-order valence-corrected chi connectivity index (χ4v) is 0.941. The van der Waals surface area contributed by atoms with Gasteiger partial charge in [-0.2, -0.15) is 5.26 Å². The minimum absolute atomic E-state index is 0.0748. The van der Waals surface area contributed by atoms with Crippen LogP contribution in [0.1, 0.15) is 26.2 Å². The minimum Gasteiger partial charge on any atom is -0.447 e. The molecule has 0 heterocycles. The maximum atomic E-state index is 11.0. The Bertz CT molecular complexity index is 191. The maximum absolute atomic E-state index is 11.0. The highest BCUT2D eigenvalue weighted by Gasteiger charge is 2.27. The summed E-state index contributed by atoms with van der Waals surface area (Å²) >= 11 is 0. The lowest BCUT2D eigenvalue weighted by Gasteiger charge is -2.23. The molecule has 1 fully saturated rings. The van der Waals surface area contributed by atoms with Crippen LogP contribution in [0.5, 0.6) is 0 Å². The fraction of sp³-hybridized carbons (Fsp3) is 0.750. The van der Waals surface area contributed by atoms with E-state index in [0.29, 0.717) is 0 Å². The van der Waals surface area contributed by atoms with Gasteiger partial charge in [0.25, 0.3) is 0 Å². The molecule has 1 unspecified atom stereocenters. The van der Waals surface area contributed by atoms with Gasteiger partial charge in [-0.25, -0.2) is 0 Å². The second-order valence-corrected chi connectivity index (χ2v) is 2.84. The lowest BCUT2D eigenvalue weighted by molar-refractivity contribution is -0.153. The van der Waals surface area contributed by atoms with Gasteiger partial charge in [-0.1, -0.05) is 6.42 Å². The average molecular weight is 153 g/mol. The number of carbonyl (C=O) groups excluding carboxylic acids is 1. The molecule has 0 radical (unpaired) electrons. The lowest BCUT2D eigenvalue weighted by Crippen LogP contribution is -2.26. The predicted molar refractivity (Wildman–Crippen MR) is 38.5 cm³/mol. The zero-order chi connectivity index (χ0) is 8.27. The Balaban J connectivity index is 2.26. The number of rotatable bonds is 2. The number of carbonyl (C=O) groups is 1. The summed E-state index contributed by atoms with van der Waals surface area (Å²) in [5, 5.41) is 8.33. The van der Waals surface area contributed by atoms with Crippen LogP contribution < -0.4 is 0 Å². The van der Waals surface area contributed by atoms with Gasteiger partial charge in [0.2, 0.25) is 0 Å². The Labute approximate surface area is 66.0 Å². The molecule has 0 aromatic rings. The Hall–Kier alpha value is -1.04. The van der Waals surface area contributed by atoms with Crippen LogP contribution in [0.3, 0.4) is 0 Å². The van der Waals surface area contributed by atoms with Crippen LogP contribution in [0, 0.1) is 17.2 Å². The van der Waals surface area contributed by atoms with Crippen LogP contribution in [0.2, 0.25) is 0 Å².